The van der Waals surface area contributed by atoms with Crippen molar-refractivity contribution in [3.63, 3.8) is 0 Å². The number of aromatic nitrogens is 3. The summed E-state index contributed by atoms with van der Waals surface area (Å²) in [6, 6.07) is 15.1. The van der Waals surface area contributed by atoms with Gasteiger partial charge < -0.3 is 9.84 Å². The number of ether oxygens (including phenoxy) is 1. The molecule has 2 atom stereocenters. The smallest absolute Gasteiger partial charge is 0.358 e. The first kappa shape index (κ1) is 23.9. The first-order valence-electron chi connectivity index (χ1n) is 9.18. The molecule has 3 rings (SSSR count). The van der Waals surface area contributed by atoms with E-state index < -0.39 is 23.1 Å². The van der Waals surface area contributed by atoms with Crippen molar-refractivity contribution < 1.29 is 14.6 Å². The van der Waals surface area contributed by atoms with Crippen molar-refractivity contribution in [2.24, 2.45) is 7.05 Å². The Hall–Kier alpha value is -3.39. The Balaban J connectivity index is 0.00000341. The summed E-state index contributed by atoms with van der Waals surface area (Å²) < 4.78 is 6.28. The minimum absolute atomic E-state index is 0. The largest absolute Gasteiger partial charge is 0.489 e. The van der Waals surface area contributed by atoms with Gasteiger partial charge in [0.2, 0.25) is 5.75 Å². The number of nitrogens with zero attached hydrogens (tertiary/aromatic N) is 4. The molecule has 9 heteroatoms. The predicted octanol–water partition coefficient (Wildman–Crippen LogP) is 2.31. The van der Waals surface area contributed by atoms with E-state index in [2.05, 4.69) is 16.0 Å². The molecule has 0 spiro atoms. The van der Waals surface area contributed by atoms with Gasteiger partial charge in [0.25, 0.3) is 5.56 Å². The Morgan fingerprint density at radius 3 is 2.48 bits per heavy atom. The third-order valence-electron chi connectivity index (χ3n) is 5.04. The summed E-state index contributed by atoms with van der Waals surface area (Å²) >= 11 is 0. The molecule has 0 bridgehead atoms. The van der Waals surface area contributed by atoms with Gasteiger partial charge in [0.1, 0.15) is 17.6 Å². The van der Waals surface area contributed by atoms with Gasteiger partial charge in [-0.05, 0) is 17.2 Å². The maximum Gasteiger partial charge on any atom is 0.358 e. The molecule has 1 radical (unpaired) electrons. The minimum atomic E-state index is -1.35. The van der Waals surface area contributed by atoms with Crippen LogP contribution in [0.15, 0.2) is 53.5 Å². The zero-order valence-corrected chi connectivity index (χ0v) is 17.7. The van der Waals surface area contributed by atoms with Crippen LogP contribution >= 0.6 is 0 Å². The maximum absolute atomic E-state index is 12.7. The number of carbonyl (C=O) groups is 1. The van der Waals surface area contributed by atoms with Gasteiger partial charge in [-0.2, -0.15) is 5.26 Å². The van der Waals surface area contributed by atoms with Crippen molar-refractivity contribution in [1.29, 1.82) is 5.26 Å². The molecule has 1 N–H and O–H groups in total. The summed E-state index contributed by atoms with van der Waals surface area (Å²) in [5.74, 6) is -2.25. The molecule has 153 valence electrons. The molecule has 3 aromatic rings. The number of benzene rings is 1. The Morgan fingerprint density at radius 2 is 1.90 bits per heavy atom. The van der Waals surface area contributed by atoms with Crippen LogP contribution < -0.4 is 10.3 Å². The zero-order valence-electron chi connectivity index (χ0n) is 17.7. The van der Waals surface area contributed by atoms with Crippen LogP contribution in [0.5, 0.6) is 5.75 Å². The number of nitriles is 1. The van der Waals surface area contributed by atoms with Crippen LogP contribution in [0.1, 0.15) is 51.9 Å². The van der Waals surface area contributed by atoms with E-state index in [1.807, 2.05) is 37.3 Å². The van der Waals surface area contributed by atoms with Crippen molar-refractivity contribution in [2.75, 3.05) is 7.11 Å². The monoisotopic (exact) mass is 411 g/mol. The molecule has 0 saturated carbocycles. The minimum Gasteiger partial charge on any atom is -0.489 e. The maximum atomic E-state index is 12.7. The Bertz CT molecular complexity index is 1190. The fourth-order valence-corrected chi connectivity index (χ4v) is 3.64. The Labute approximate surface area is 191 Å². The second-order valence-corrected chi connectivity index (χ2v) is 6.75. The van der Waals surface area contributed by atoms with Crippen LogP contribution in [0.2, 0.25) is 0 Å². The van der Waals surface area contributed by atoms with Crippen molar-refractivity contribution in [2.45, 2.75) is 18.8 Å². The van der Waals surface area contributed by atoms with E-state index >= 15 is 0 Å². The van der Waals surface area contributed by atoms with Crippen LogP contribution in [0.4, 0.5) is 0 Å². The summed E-state index contributed by atoms with van der Waals surface area (Å²) in [5, 5.41) is 19.1. The Morgan fingerprint density at radius 1 is 1.23 bits per heavy atom. The first-order chi connectivity index (χ1) is 14.4. The number of hydrogen-bond acceptors (Lipinski definition) is 6. The van der Waals surface area contributed by atoms with Gasteiger partial charge in [-0.15, -0.1) is 0 Å². The third-order valence-corrected chi connectivity index (χ3v) is 5.04. The number of carboxylic acids is 1. The SMILES string of the molecule is COc1c(C(=O)O)nc(C(C)C(c2ccccc2)c2cccnc2C#N)n(C)c1=O.[Li]. The Kier molecular flexibility index (Phi) is 7.76. The number of rotatable bonds is 6. The van der Waals surface area contributed by atoms with E-state index in [-0.39, 0.29) is 42.0 Å². The quantitative estimate of drug-likeness (QED) is 0.618. The number of carboxylic acid groups (broad SMARTS) is 1. The first-order valence-corrected chi connectivity index (χ1v) is 9.18. The van der Waals surface area contributed by atoms with Gasteiger partial charge in [-0.1, -0.05) is 43.3 Å². The second-order valence-electron chi connectivity index (χ2n) is 6.75. The molecule has 2 aromatic heterocycles. The van der Waals surface area contributed by atoms with Crippen LogP contribution in [0.25, 0.3) is 0 Å². The number of methoxy groups -OCH3 is 1. The molecule has 0 saturated heterocycles. The van der Waals surface area contributed by atoms with Gasteiger partial charge in [0.05, 0.1) is 7.11 Å². The molecule has 0 amide bonds. The van der Waals surface area contributed by atoms with Crippen LogP contribution in [0, 0.1) is 11.3 Å². The summed E-state index contributed by atoms with van der Waals surface area (Å²) in [5.41, 5.74) is 0.776. The standard InChI is InChI=1S/C22H20N4O4.Li/c1-13(20-25-18(22(28)29)19(30-3)21(27)26(20)2)17(14-8-5-4-6-9-14)15-10-7-11-24-16(15)12-23;/h4-11,13,17H,1-3H3,(H,28,29);. The van der Waals surface area contributed by atoms with E-state index in [1.54, 1.807) is 18.3 Å². The van der Waals surface area contributed by atoms with Gasteiger partial charge >= 0.3 is 5.97 Å². The van der Waals surface area contributed by atoms with Gasteiger partial charge in [-0.3, -0.25) is 9.36 Å². The molecular formula is C22H20LiN4O4. The van der Waals surface area contributed by atoms with E-state index in [4.69, 9.17) is 4.74 Å². The van der Waals surface area contributed by atoms with Crippen LogP contribution in [-0.4, -0.2) is 51.6 Å². The summed E-state index contributed by atoms with van der Waals surface area (Å²) in [6.45, 7) is 1.84. The van der Waals surface area contributed by atoms with E-state index in [9.17, 15) is 20.0 Å². The van der Waals surface area contributed by atoms with Crippen molar-refractivity contribution in [1.82, 2.24) is 14.5 Å². The molecule has 8 nitrogen and oxygen atoms in total. The van der Waals surface area contributed by atoms with E-state index in [0.29, 0.717) is 5.56 Å². The van der Waals surface area contributed by atoms with Crippen molar-refractivity contribution in [3.8, 4) is 11.8 Å². The topological polar surface area (TPSA) is 118 Å². The van der Waals surface area contributed by atoms with Gasteiger partial charge in [0.15, 0.2) is 5.69 Å². The number of aromatic carboxylic acids is 1. The second kappa shape index (κ2) is 10.1. The fourth-order valence-electron chi connectivity index (χ4n) is 3.64. The number of hydrogen-bond donors (Lipinski definition) is 1. The van der Waals surface area contributed by atoms with Crippen molar-refractivity contribution >= 4 is 24.8 Å². The summed E-state index contributed by atoms with van der Waals surface area (Å²) in [7, 11) is 2.75. The molecule has 2 unspecified atom stereocenters. The van der Waals surface area contributed by atoms with Gasteiger partial charge in [-0.25, -0.2) is 14.8 Å². The van der Waals surface area contributed by atoms with Crippen LogP contribution in [-0.2, 0) is 7.05 Å². The average Bonchev–Trinajstić information content (AvgIpc) is 2.76. The number of pyridine rings is 1. The average molecular weight is 411 g/mol. The van der Waals surface area contributed by atoms with Gasteiger partial charge in [0, 0.05) is 43.9 Å². The van der Waals surface area contributed by atoms with Crippen LogP contribution in [0.3, 0.4) is 0 Å². The zero-order chi connectivity index (χ0) is 21.8. The molecule has 2 heterocycles. The van der Waals surface area contributed by atoms with Crippen molar-refractivity contribution in [3.05, 3.63) is 87.4 Å². The van der Waals surface area contributed by atoms with E-state index in [1.165, 1.54) is 18.7 Å². The molecule has 0 aliphatic carbocycles. The molecule has 31 heavy (non-hydrogen) atoms. The molecule has 1 aromatic carbocycles. The molecule has 0 aliphatic heterocycles. The molecule has 0 aliphatic rings. The fraction of sp³-hybridized carbons (Fsp3) is 0.227. The third kappa shape index (κ3) is 4.53. The molecule has 0 fully saturated rings. The molecular weight excluding hydrogens is 391 g/mol. The van der Waals surface area contributed by atoms with E-state index in [0.717, 1.165) is 5.56 Å². The summed E-state index contributed by atoms with van der Waals surface area (Å²) in [4.78, 5) is 32.9. The summed E-state index contributed by atoms with van der Waals surface area (Å²) in [6.07, 6.45) is 1.54. The normalized spacial score (nSPS) is 12.2. The predicted molar refractivity (Wildman–Crippen MR) is 114 cm³/mol.